The van der Waals surface area contributed by atoms with Crippen LogP contribution in [-0.2, 0) is 14.3 Å². The lowest BCUT2D eigenvalue weighted by Crippen LogP contribution is -2.41. The number of carbonyl (C=O) groups excluding carboxylic acids is 1. The van der Waals surface area contributed by atoms with Crippen molar-refractivity contribution >= 4 is 5.97 Å². The van der Waals surface area contributed by atoms with E-state index in [1.165, 1.54) is 0 Å². The van der Waals surface area contributed by atoms with Crippen LogP contribution in [0.4, 0.5) is 0 Å². The minimum Gasteiger partial charge on any atom is -0.463 e. The van der Waals surface area contributed by atoms with E-state index in [0.29, 0.717) is 19.3 Å². The van der Waals surface area contributed by atoms with Gasteiger partial charge in [-0.15, -0.1) is 0 Å². The Morgan fingerprint density at radius 2 is 2.45 bits per heavy atom. The molecular weight excluding hydrogens is 146 g/mol. The number of ether oxygens (including phenoxy) is 2. The molecule has 2 heterocycles. The van der Waals surface area contributed by atoms with Gasteiger partial charge in [0.2, 0.25) is 0 Å². The minimum absolute atomic E-state index is 0.114. The van der Waals surface area contributed by atoms with Gasteiger partial charge in [-0.3, -0.25) is 9.69 Å². The van der Waals surface area contributed by atoms with Crippen LogP contribution in [0.5, 0.6) is 0 Å². The van der Waals surface area contributed by atoms with Gasteiger partial charge in [-0.25, -0.2) is 0 Å². The largest absolute Gasteiger partial charge is 0.463 e. The first-order chi connectivity index (χ1) is 5.34. The van der Waals surface area contributed by atoms with Gasteiger partial charge in [0, 0.05) is 13.1 Å². The minimum atomic E-state index is -0.114. The van der Waals surface area contributed by atoms with Crippen molar-refractivity contribution in [2.24, 2.45) is 0 Å². The molecule has 62 valence electrons. The first kappa shape index (κ1) is 7.06. The molecule has 11 heavy (non-hydrogen) atoms. The third-order valence-corrected chi connectivity index (χ3v) is 1.89. The molecule has 0 aliphatic carbocycles. The molecule has 2 aliphatic rings. The smallest absolute Gasteiger partial charge is 0.320 e. The zero-order chi connectivity index (χ0) is 7.68. The lowest BCUT2D eigenvalue weighted by molar-refractivity contribution is -0.150. The lowest BCUT2D eigenvalue weighted by atomic mass is 10.3. The van der Waals surface area contributed by atoms with Gasteiger partial charge >= 0.3 is 5.97 Å². The number of nitrogens with zero attached hydrogens (tertiary/aromatic N) is 1. The van der Waals surface area contributed by atoms with Crippen LogP contribution in [-0.4, -0.2) is 49.8 Å². The number of carbonyl (C=O) groups is 1. The van der Waals surface area contributed by atoms with Crippen LogP contribution in [0.3, 0.4) is 0 Å². The first-order valence-corrected chi connectivity index (χ1v) is 3.84. The van der Waals surface area contributed by atoms with E-state index in [2.05, 4.69) is 4.90 Å². The van der Waals surface area contributed by atoms with Gasteiger partial charge in [0.15, 0.2) is 0 Å². The van der Waals surface area contributed by atoms with Crippen LogP contribution in [0, 0.1) is 0 Å². The highest BCUT2D eigenvalue weighted by atomic mass is 16.6. The molecule has 0 aromatic carbocycles. The van der Waals surface area contributed by atoms with Crippen molar-refractivity contribution in [1.29, 1.82) is 0 Å². The number of hydrogen-bond donors (Lipinski definition) is 0. The molecule has 0 unspecified atom stereocenters. The Morgan fingerprint density at radius 1 is 1.64 bits per heavy atom. The average Bonchev–Trinajstić information content (AvgIpc) is 2.71. The zero-order valence-electron chi connectivity index (χ0n) is 6.28. The third kappa shape index (κ3) is 1.91. The fourth-order valence-electron chi connectivity index (χ4n) is 1.21. The van der Waals surface area contributed by atoms with E-state index >= 15 is 0 Å². The summed E-state index contributed by atoms with van der Waals surface area (Å²) in [5.74, 6) is -0.114. The van der Waals surface area contributed by atoms with E-state index in [4.69, 9.17) is 9.47 Å². The van der Waals surface area contributed by atoms with Gasteiger partial charge in [0.05, 0.1) is 19.3 Å². The van der Waals surface area contributed by atoms with Gasteiger partial charge in [-0.2, -0.15) is 0 Å². The third-order valence-electron chi connectivity index (χ3n) is 1.89. The summed E-state index contributed by atoms with van der Waals surface area (Å²) < 4.78 is 9.84. The fourth-order valence-corrected chi connectivity index (χ4v) is 1.21. The van der Waals surface area contributed by atoms with Crippen molar-refractivity contribution in [1.82, 2.24) is 4.90 Å². The van der Waals surface area contributed by atoms with E-state index in [9.17, 15) is 4.79 Å². The lowest BCUT2D eigenvalue weighted by Gasteiger charge is -2.24. The predicted molar refractivity (Wildman–Crippen MR) is 37.1 cm³/mol. The molecule has 2 fully saturated rings. The standard InChI is InChI=1S/C7H11NO3/c9-7-4-8(1-2-10-7)3-6-5-11-6/h6H,1-5H2/t6-/m0/s1. The Kier molecular flexibility index (Phi) is 1.79. The second-order valence-electron chi connectivity index (χ2n) is 2.91. The van der Waals surface area contributed by atoms with Crippen molar-refractivity contribution in [3.05, 3.63) is 0 Å². The Balaban J connectivity index is 1.77. The Morgan fingerprint density at radius 3 is 3.09 bits per heavy atom. The summed E-state index contributed by atoms with van der Waals surface area (Å²) in [6, 6.07) is 0. The van der Waals surface area contributed by atoms with Gasteiger partial charge < -0.3 is 9.47 Å². The number of morpholine rings is 1. The highest BCUT2D eigenvalue weighted by Crippen LogP contribution is 2.11. The van der Waals surface area contributed by atoms with E-state index in [0.717, 1.165) is 19.7 Å². The molecular formula is C7H11NO3. The maximum absolute atomic E-state index is 10.8. The molecule has 1 atom stereocenters. The van der Waals surface area contributed by atoms with Crippen molar-refractivity contribution in [3.8, 4) is 0 Å². The SMILES string of the molecule is O=C1CN(C[C@H]2CO2)CCO1. The second kappa shape index (κ2) is 2.79. The van der Waals surface area contributed by atoms with Gasteiger partial charge in [-0.05, 0) is 0 Å². The molecule has 0 aromatic rings. The predicted octanol–water partition coefficient (Wildman–Crippen LogP) is -0.756. The topological polar surface area (TPSA) is 42.1 Å². The summed E-state index contributed by atoms with van der Waals surface area (Å²) in [5.41, 5.74) is 0. The van der Waals surface area contributed by atoms with Gasteiger partial charge in [-0.1, -0.05) is 0 Å². The van der Waals surface area contributed by atoms with Crippen LogP contribution < -0.4 is 0 Å². The summed E-state index contributed by atoms with van der Waals surface area (Å²) >= 11 is 0. The normalized spacial score (nSPS) is 31.6. The number of esters is 1. The highest BCUT2D eigenvalue weighted by molar-refractivity contribution is 5.72. The molecule has 2 rings (SSSR count). The number of cyclic esters (lactones) is 1. The van der Waals surface area contributed by atoms with Crippen LogP contribution in [0.15, 0.2) is 0 Å². The summed E-state index contributed by atoms with van der Waals surface area (Å²) in [7, 11) is 0. The average molecular weight is 157 g/mol. The summed E-state index contributed by atoms with van der Waals surface area (Å²) in [6.07, 6.45) is 0.376. The summed E-state index contributed by atoms with van der Waals surface area (Å²) in [6.45, 7) is 3.55. The summed E-state index contributed by atoms with van der Waals surface area (Å²) in [5, 5.41) is 0. The molecule has 0 N–H and O–H groups in total. The molecule has 4 nitrogen and oxygen atoms in total. The zero-order valence-corrected chi connectivity index (χ0v) is 6.28. The Bertz CT molecular complexity index is 167. The quantitative estimate of drug-likeness (QED) is 0.390. The van der Waals surface area contributed by atoms with Crippen molar-refractivity contribution in [3.63, 3.8) is 0 Å². The molecule has 0 spiro atoms. The van der Waals surface area contributed by atoms with Crippen molar-refractivity contribution in [2.75, 3.05) is 32.8 Å². The molecule has 2 aliphatic heterocycles. The Labute approximate surface area is 65.1 Å². The van der Waals surface area contributed by atoms with Crippen LogP contribution in [0.1, 0.15) is 0 Å². The summed E-state index contributed by atoms with van der Waals surface area (Å²) in [4.78, 5) is 12.8. The van der Waals surface area contributed by atoms with E-state index < -0.39 is 0 Å². The maximum Gasteiger partial charge on any atom is 0.320 e. The molecule has 0 saturated carbocycles. The molecule has 4 heteroatoms. The van der Waals surface area contributed by atoms with Crippen LogP contribution in [0.25, 0.3) is 0 Å². The molecule has 0 aromatic heterocycles. The van der Waals surface area contributed by atoms with E-state index in [1.807, 2.05) is 0 Å². The van der Waals surface area contributed by atoms with Gasteiger partial charge in [0.25, 0.3) is 0 Å². The fraction of sp³-hybridized carbons (Fsp3) is 0.857. The van der Waals surface area contributed by atoms with E-state index in [1.54, 1.807) is 0 Å². The molecule has 0 radical (unpaired) electrons. The number of hydrogen-bond acceptors (Lipinski definition) is 4. The van der Waals surface area contributed by atoms with E-state index in [-0.39, 0.29) is 5.97 Å². The first-order valence-electron chi connectivity index (χ1n) is 3.84. The monoisotopic (exact) mass is 157 g/mol. The number of epoxide rings is 1. The molecule has 0 amide bonds. The van der Waals surface area contributed by atoms with Crippen molar-refractivity contribution < 1.29 is 14.3 Å². The Hall–Kier alpha value is -0.610. The van der Waals surface area contributed by atoms with Crippen molar-refractivity contribution in [2.45, 2.75) is 6.10 Å². The second-order valence-corrected chi connectivity index (χ2v) is 2.91. The maximum atomic E-state index is 10.8. The van der Waals surface area contributed by atoms with Gasteiger partial charge in [0.1, 0.15) is 6.61 Å². The molecule has 2 saturated heterocycles. The van der Waals surface area contributed by atoms with Crippen LogP contribution >= 0.6 is 0 Å². The highest BCUT2D eigenvalue weighted by Gasteiger charge is 2.28. The molecule has 0 bridgehead atoms. The number of rotatable bonds is 2. The van der Waals surface area contributed by atoms with Crippen LogP contribution in [0.2, 0.25) is 0 Å².